The summed E-state index contributed by atoms with van der Waals surface area (Å²) in [5, 5.41) is 8.92. The van der Waals surface area contributed by atoms with Crippen molar-refractivity contribution >= 4 is 15.8 Å². The van der Waals surface area contributed by atoms with Gasteiger partial charge >= 0.3 is 5.97 Å². The molecule has 5 atom stereocenters. The Balaban J connectivity index is 1.78. The summed E-state index contributed by atoms with van der Waals surface area (Å²) in [6.07, 6.45) is 1.41. The largest absolute Gasteiger partial charge is 0.481 e. The first-order chi connectivity index (χ1) is 6.98. The molecule has 1 saturated heterocycles. The minimum Gasteiger partial charge on any atom is -0.481 e. The second-order valence-corrected chi connectivity index (χ2v) is 7.39. The van der Waals surface area contributed by atoms with Crippen LogP contribution in [0.4, 0.5) is 0 Å². The van der Waals surface area contributed by atoms with E-state index in [2.05, 4.69) is 0 Å². The van der Waals surface area contributed by atoms with Gasteiger partial charge in [-0.15, -0.1) is 0 Å². The Bertz CT molecular complexity index is 387. The van der Waals surface area contributed by atoms with Crippen molar-refractivity contribution < 1.29 is 18.3 Å². The summed E-state index contributed by atoms with van der Waals surface area (Å²) in [6.45, 7) is 0. The van der Waals surface area contributed by atoms with Crippen LogP contribution in [0.15, 0.2) is 0 Å². The topological polar surface area (TPSA) is 71.4 Å². The number of fused-ring (bicyclic) bond motifs is 4. The van der Waals surface area contributed by atoms with Gasteiger partial charge in [0, 0.05) is 0 Å². The highest BCUT2D eigenvalue weighted by Crippen LogP contribution is 2.60. The van der Waals surface area contributed by atoms with E-state index in [0.717, 1.165) is 0 Å². The van der Waals surface area contributed by atoms with Crippen molar-refractivity contribution in [2.24, 2.45) is 29.6 Å². The monoisotopic (exact) mass is 230 g/mol. The lowest BCUT2D eigenvalue weighted by Gasteiger charge is -2.43. The summed E-state index contributed by atoms with van der Waals surface area (Å²) in [5.74, 6) is 1.03. The molecule has 2 saturated carbocycles. The Hall–Kier alpha value is -0.580. The highest BCUT2D eigenvalue weighted by Gasteiger charge is 2.60. The quantitative estimate of drug-likeness (QED) is 0.707. The molecule has 1 aliphatic heterocycles. The van der Waals surface area contributed by atoms with Crippen LogP contribution in [-0.4, -0.2) is 31.0 Å². The minimum atomic E-state index is -2.81. The van der Waals surface area contributed by atoms with E-state index >= 15 is 0 Å². The molecule has 0 spiro atoms. The Morgan fingerprint density at radius 3 is 1.87 bits per heavy atom. The van der Waals surface area contributed by atoms with Gasteiger partial charge in [0.2, 0.25) is 0 Å². The molecule has 5 heteroatoms. The van der Waals surface area contributed by atoms with Crippen LogP contribution in [0.2, 0.25) is 0 Å². The first kappa shape index (κ1) is 9.63. The van der Waals surface area contributed by atoms with E-state index in [0.29, 0.717) is 36.2 Å². The van der Waals surface area contributed by atoms with Gasteiger partial charge in [-0.05, 0) is 36.5 Å². The second kappa shape index (κ2) is 2.75. The van der Waals surface area contributed by atoms with E-state index in [4.69, 9.17) is 5.11 Å². The fourth-order valence-electron chi connectivity index (χ4n) is 3.93. The zero-order valence-electron chi connectivity index (χ0n) is 8.30. The molecule has 1 N–H and O–H groups in total. The van der Waals surface area contributed by atoms with Crippen LogP contribution in [0.1, 0.15) is 12.8 Å². The maximum Gasteiger partial charge on any atom is 0.306 e. The van der Waals surface area contributed by atoms with Crippen molar-refractivity contribution in [1.29, 1.82) is 0 Å². The standard InChI is InChI=1S/C10H14O4S/c11-10(12)5-1-6-7(2-5)9-4-15(13,14)3-8(6)9/h5-9H,1-4H2,(H,11,12)/t5?,6-,7+,8+,9-. The first-order valence-corrected chi connectivity index (χ1v) is 7.23. The fourth-order valence-corrected chi connectivity index (χ4v) is 6.23. The summed E-state index contributed by atoms with van der Waals surface area (Å²) >= 11 is 0. The van der Waals surface area contributed by atoms with Gasteiger partial charge in [-0.25, -0.2) is 8.42 Å². The van der Waals surface area contributed by atoms with Gasteiger partial charge in [0.1, 0.15) is 0 Å². The summed E-state index contributed by atoms with van der Waals surface area (Å²) in [6, 6.07) is 0. The van der Waals surface area contributed by atoms with Crippen molar-refractivity contribution in [3.8, 4) is 0 Å². The van der Waals surface area contributed by atoms with Crippen LogP contribution in [-0.2, 0) is 14.6 Å². The van der Waals surface area contributed by atoms with E-state index in [-0.39, 0.29) is 17.8 Å². The van der Waals surface area contributed by atoms with Crippen LogP contribution in [0.3, 0.4) is 0 Å². The zero-order valence-corrected chi connectivity index (χ0v) is 9.11. The second-order valence-electron chi connectivity index (χ2n) is 5.24. The van der Waals surface area contributed by atoms with E-state index in [1.54, 1.807) is 0 Å². The number of carboxylic acid groups (broad SMARTS) is 1. The molecule has 0 radical (unpaired) electrons. The highest BCUT2D eigenvalue weighted by atomic mass is 32.2. The van der Waals surface area contributed by atoms with Gasteiger partial charge in [-0.1, -0.05) is 0 Å². The lowest BCUT2D eigenvalue weighted by Crippen LogP contribution is -2.42. The molecule has 0 aromatic carbocycles. The summed E-state index contributed by atoms with van der Waals surface area (Å²) in [4.78, 5) is 10.8. The van der Waals surface area contributed by atoms with Crippen LogP contribution >= 0.6 is 0 Å². The van der Waals surface area contributed by atoms with Gasteiger partial charge in [0.25, 0.3) is 0 Å². The molecule has 1 unspecified atom stereocenters. The predicted molar refractivity (Wildman–Crippen MR) is 53.0 cm³/mol. The molecule has 84 valence electrons. The third-order valence-electron chi connectivity index (χ3n) is 4.56. The molecule has 15 heavy (non-hydrogen) atoms. The molecule has 0 aromatic heterocycles. The van der Waals surface area contributed by atoms with Gasteiger partial charge in [0.05, 0.1) is 17.4 Å². The van der Waals surface area contributed by atoms with E-state index in [1.165, 1.54) is 0 Å². The Morgan fingerprint density at radius 1 is 1.00 bits per heavy atom. The van der Waals surface area contributed by atoms with Crippen LogP contribution in [0.25, 0.3) is 0 Å². The van der Waals surface area contributed by atoms with Crippen molar-refractivity contribution in [2.75, 3.05) is 11.5 Å². The molecule has 0 aromatic rings. The van der Waals surface area contributed by atoms with Gasteiger partial charge in [-0.3, -0.25) is 4.79 Å². The Kier molecular flexibility index (Phi) is 1.77. The number of carboxylic acids is 1. The number of rotatable bonds is 1. The number of carbonyl (C=O) groups is 1. The first-order valence-electron chi connectivity index (χ1n) is 5.41. The number of aliphatic carboxylic acids is 1. The lowest BCUT2D eigenvalue weighted by atomic mass is 9.60. The normalized spacial score (nSPS) is 50.5. The van der Waals surface area contributed by atoms with Crippen LogP contribution in [0, 0.1) is 29.6 Å². The number of hydrogen-bond acceptors (Lipinski definition) is 3. The van der Waals surface area contributed by atoms with Crippen molar-refractivity contribution in [3.05, 3.63) is 0 Å². The smallest absolute Gasteiger partial charge is 0.306 e. The van der Waals surface area contributed by atoms with Crippen molar-refractivity contribution in [2.45, 2.75) is 12.8 Å². The van der Waals surface area contributed by atoms with Gasteiger partial charge in [-0.2, -0.15) is 0 Å². The maximum atomic E-state index is 11.4. The minimum absolute atomic E-state index is 0.215. The Labute approximate surface area is 88.6 Å². The predicted octanol–water partition coefficient (Wildman–Crippen LogP) is 0.388. The molecule has 3 fully saturated rings. The molecule has 3 rings (SSSR count). The average Bonchev–Trinajstić information content (AvgIpc) is 2.62. The molecular formula is C10H14O4S. The van der Waals surface area contributed by atoms with Gasteiger partial charge < -0.3 is 5.11 Å². The van der Waals surface area contributed by atoms with E-state index < -0.39 is 15.8 Å². The maximum absolute atomic E-state index is 11.4. The Morgan fingerprint density at radius 2 is 1.47 bits per heavy atom. The molecule has 0 bridgehead atoms. The molecule has 2 aliphatic carbocycles. The van der Waals surface area contributed by atoms with Crippen LogP contribution < -0.4 is 0 Å². The molecule has 1 heterocycles. The zero-order chi connectivity index (χ0) is 10.8. The summed E-state index contributed by atoms with van der Waals surface area (Å²) in [5.41, 5.74) is 0. The molecule has 0 amide bonds. The summed E-state index contributed by atoms with van der Waals surface area (Å²) < 4.78 is 22.8. The molecule has 3 aliphatic rings. The average molecular weight is 230 g/mol. The van der Waals surface area contributed by atoms with Crippen molar-refractivity contribution in [1.82, 2.24) is 0 Å². The van der Waals surface area contributed by atoms with E-state index in [9.17, 15) is 13.2 Å². The third kappa shape index (κ3) is 1.25. The number of hydrogen-bond donors (Lipinski definition) is 1. The summed E-state index contributed by atoms with van der Waals surface area (Å²) in [7, 11) is -2.81. The van der Waals surface area contributed by atoms with Crippen LogP contribution in [0.5, 0.6) is 0 Å². The van der Waals surface area contributed by atoms with E-state index in [1.807, 2.05) is 0 Å². The third-order valence-corrected chi connectivity index (χ3v) is 6.34. The highest BCUT2D eigenvalue weighted by molar-refractivity contribution is 7.91. The lowest BCUT2D eigenvalue weighted by molar-refractivity contribution is -0.141. The SMILES string of the molecule is O=C(O)C1C[C@@H]2[C@H](C1)[C@H]1CS(=O)(=O)C[C@@H]21. The van der Waals surface area contributed by atoms with Gasteiger partial charge in [0.15, 0.2) is 9.84 Å². The van der Waals surface area contributed by atoms with Crippen molar-refractivity contribution in [3.63, 3.8) is 0 Å². The fraction of sp³-hybridized carbons (Fsp3) is 0.900. The molecule has 4 nitrogen and oxygen atoms in total. The number of sulfone groups is 1. The molecular weight excluding hydrogens is 216 g/mol.